The summed E-state index contributed by atoms with van der Waals surface area (Å²) in [5, 5.41) is 5.31. The Hall–Kier alpha value is -2.42. The molecule has 3 rings (SSSR count). The number of aryl methyl sites for hydroxylation is 3. The molecule has 1 aromatic heterocycles. The molecule has 100 valence electrons. The normalized spacial score (nSPS) is 10.9. The highest BCUT2D eigenvalue weighted by Crippen LogP contribution is 2.22. The topological polar surface area (TPSA) is 34.9 Å². The summed E-state index contributed by atoms with van der Waals surface area (Å²) in [6.45, 7) is 3.95. The summed E-state index contributed by atoms with van der Waals surface area (Å²) < 4.78 is 1.76. The minimum atomic E-state index is -0.0111. The van der Waals surface area contributed by atoms with Gasteiger partial charge in [-0.25, -0.2) is 0 Å². The van der Waals surface area contributed by atoms with Gasteiger partial charge in [0.25, 0.3) is 0 Å². The SMILES string of the molecule is Cc1ccc(C)c(C(=O)c2nn(C)c3ccccc23)c1. The number of fused-ring (bicyclic) bond motifs is 1. The quantitative estimate of drug-likeness (QED) is 0.665. The van der Waals surface area contributed by atoms with Gasteiger partial charge in [-0.2, -0.15) is 5.10 Å². The average molecular weight is 264 g/mol. The van der Waals surface area contributed by atoms with Crippen LogP contribution in [0.1, 0.15) is 27.2 Å². The predicted octanol–water partition coefficient (Wildman–Crippen LogP) is 3.42. The zero-order valence-corrected chi connectivity index (χ0v) is 11.8. The van der Waals surface area contributed by atoms with Crippen molar-refractivity contribution in [1.82, 2.24) is 9.78 Å². The average Bonchev–Trinajstić information content (AvgIpc) is 2.79. The molecule has 20 heavy (non-hydrogen) atoms. The predicted molar refractivity (Wildman–Crippen MR) is 80.1 cm³/mol. The fourth-order valence-corrected chi connectivity index (χ4v) is 2.49. The van der Waals surface area contributed by atoms with E-state index in [-0.39, 0.29) is 5.78 Å². The van der Waals surface area contributed by atoms with Gasteiger partial charge in [-0.1, -0.05) is 35.9 Å². The Labute approximate surface area is 117 Å². The van der Waals surface area contributed by atoms with Crippen LogP contribution in [0.5, 0.6) is 0 Å². The van der Waals surface area contributed by atoms with Gasteiger partial charge < -0.3 is 0 Å². The minimum absolute atomic E-state index is 0.0111. The van der Waals surface area contributed by atoms with Crippen molar-refractivity contribution in [3.8, 4) is 0 Å². The van der Waals surface area contributed by atoms with Gasteiger partial charge in [-0.05, 0) is 31.5 Å². The molecule has 0 aliphatic rings. The second-order valence-electron chi connectivity index (χ2n) is 5.14. The molecule has 0 atom stereocenters. The smallest absolute Gasteiger partial charge is 0.214 e. The van der Waals surface area contributed by atoms with Gasteiger partial charge in [-0.15, -0.1) is 0 Å². The second kappa shape index (κ2) is 4.60. The number of hydrogen-bond donors (Lipinski definition) is 0. The van der Waals surface area contributed by atoms with Crippen LogP contribution in [-0.4, -0.2) is 15.6 Å². The number of para-hydroxylation sites is 1. The van der Waals surface area contributed by atoms with E-state index in [1.54, 1.807) is 4.68 Å². The van der Waals surface area contributed by atoms with E-state index in [4.69, 9.17) is 0 Å². The third kappa shape index (κ3) is 1.92. The van der Waals surface area contributed by atoms with Crippen molar-refractivity contribution in [2.45, 2.75) is 13.8 Å². The first-order valence-corrected chi connectivity index (χ1v) is 6.61. The molecule has 0 aliphatic carbocycles. The van der Waals surface area contributed by atoms with E-state index in [0.29, 0.717) is 5.69 Å². The van der Waals surface area contributed by atoms with Gasteiger partial charge in [0.15, 0.2) is 0 Å². The Balaban J connectivity index is 2.20. The van der Waals surface area contributed by atoms with Crippen molar-refractivity contribution in [1.29, 1.82) is 0 Å². The molecule has 3 aromatic rings. The number of aromatic nitrogens is 2. The van der Waals surface area contributed by atoms with Crippen LogP contribution < -0.4 is 0 Å². The molecule has 0 unspecified atom stereocenters. The van der Waals surface area contributed by atoms with E-state index >= 15 is 0 Å². The summed E-state index contributed by atoms with van der Waals surface area (Å²) in [6.07, 6.45) is 0. The number of benzene rings is 2. The maximum atomic E-state index is 12.8. The first-order valence-electron chi connectivity index (χ1n) is 6.61. The van der Waals surface area contributed by atoms with Gasteiger partial charge in [0.1, 0.15) is 5.69 Å². The highest BCUT2D eigenvalue weighted by molar-refractivity contribution is 6.15. The first kappa shape index (κ1) is 12.6. The lowest BCUT2D eigenvalue weighted by Crippen LogP contribution is -2.06. The van der Waals surface area contributed by atoms with E-state index in [9.17, 15) is 4.79 Å². The van der Waals surface area contributed by atoms with Crippen molar-refractivity contribution < 1.29 is 4.79 Å². The molecule has 0 amide bonds. The molecular weight excluding hydrogens is 248 g/mol. The lowest BCUT2D eigenvalue weighted by molar-refractivity contribution is 0.103. The standard InChI is InChI=1S/C17H16N2O/c1-11-8-9-12(2)14(10-11)17(20)16-13-6-4-5-7-15(13)19(3)18-16/h4-10H,1-3H3. The molecule has 1 heterocycles. The van der Waals surface area contributed by atoms with Crippen LogP contribution in [0.3, 0.4) is 0 Å². The lowest BCUT2D eigenvalue weighted by atomic mass is 9.99. The molecule has 0 fully saturated rings. The van der Waals surface area contributed by atoms with Crippen LogP contribution in [0.4, 0.5) is 0 Å². The largest absolute Gasteiger partial charge is 0.287 e. The number of nitrogens with zero attached hydrogens (tertiary/aromatic N) is 2. The van der Waals surface area contributed by atoms with Crippen molar-refractivity contribution in [3.63, 3.8) is 0 Å². The Morgan fingerprint density at radius 1 is 1.10 bits per heavy atom. The number of carbonyl (C=O) groups excluding carboxylic acids is 1. The van der Waals surface area contributed by atoms with Crippen LogP contribution in [0.25, 0.3) is 10.9 Å². The summed E-state index contributed by atoms with van der Waals surface area (Å²) in [6, 6.07) is 13.7. The fourth-order valence-electron chi connectivity index (χ4n) is 2.49. The molecule has 3 nitrogen and oxygen atoms in total. The van der Waals surface area contributed by atoms with Crippen LogP contribution in [0.2, 0.25) is 0 Å². The molecule has 0 saturated carbocycles. The lowest BCUT2D eigenvalue weighted by Gasteiger charge is -2.04. The Kier molecular flexibility index (Phi) is 2.90. The third-order valence-electron chi connectivity index (χ3n) is 3.61. The fraction of sp³-hybridized carbons (Fsp3) is 0.176. The zero-order chi connectivity index (χ0) is 14.3. The monoisotopic (exact) mass is 264 g/mol. The minimum Gasteiger partial charge on any atom is -0.287 e. The molecular formula is C17H16N2O. The maximum Gasteiger partial charge on any atom is 0.214 e. The van der Waals surface area contributed by atoms with E-state index in [1.165, 1.54) is 0 Å². The van der Waals surface area contributed by atoms with Crippen molar-refractivity contribution in [3.05, 3.63) is 64.8 Å². The summed E-state index contributed by atoms with van der Waals surface area (Å²) in [5.74, 6) is -0.0111. The maximum absolute atomic E-state index is 12.8. The van der Waals surface area contributed by atoms with E-state index in [2.05, 4.69) is 5.10 Å². The van der Waals surface area contributed by atoms with Crippen molar-refractivity contribution in [2.24, 2.45) is 7.05 Å². The molecule has 0 saturated heterocycles. The number of rotatable bonds is 2. The highest BCUT2D eigenvalue weighted by atomic mass is 16.1. The van der Waals surface area contributed by atoms with Gasteiger partial charge in [0.2, 0.25) is 5.78 Å². The van der Waals surface area contributed by atoms with Gasteiger partial charge in [-0.3, -0.25) is 9.48 Å². The van der Waals surface area contributed by atoms with Gasteiger partial charge >= 0.3 is 0 Å². The van der Waals surface area contributed by atoms with E-state index < -0.39 is 0 Å². The molecule has 0 N–H and O–H groups in total. The van der Waals surface area contributed by atoms with Crippen LogP contribution in [0.15, 0.2) is 42.5 Å². The molecule has 0 spiro atoms. The zero-order valence-electron chi connectivity index (χ0n) is 11.8. The van der Waals surface area contributed by atoms with Crippen molar-refractivity contribution >= 4 is 16.7 Å². The number of ketones is 1. The van der Waals surface area contributed by atoms with E-state index in [0.717, 1.165) is 27.6 Å². The second-order valence-corrected chi connectivity index (χ2v) is 5.14. The Morgan fingerprint density at radius 2 is 1.85 bits per heavy atom. The van der Waals surface area contributed by atoms with Gasteiger partial charge in [0, 0.05) is 18.0 Å². The number of carbonyl (C=O) groups is 1. The first-order chi connectivity index (χ1) is 9.58. The van der Waals surface area contributed by atoms with Crippen molar-refractivity contribution in [2.75, 3.05) is 0 Å². The summed E-state index contributed by atoms with van der Waals surface area (Å²) >= 11 is 0. The summed E-state index contributed by atoms with van der Waals surface area (Å²) in [7, 11) is 1.86. The van der Waals surface area contributed by atoms with Crippen LogP contribution in [-0.2, 0) is 7.05 Å². The van der Waals surface area contributed by atoms with Crippen LogP contribution in [0, 0.1) is 13.8 Å². The molecule has 0 aliphatic heterocycles. The third-order valence-corrected chi connectivity index (χ3v) is 3.61. The van der Waals surface area contributed by atoms with E-state index in [1.807, 2.05) is 63.4 Å². The number of hydrogen-bond acceptors (Lipinski definition) is 2. The molecule has 0 bridgehead atoms. The summed E-state index contributed by atoms with van der Waals surface area (Å²) in [5.41, 5.74) is 4.29. The molecule has 0 radical (unpaired) electrons. The Morgan fingerprint density at radius 3 is 2.65 bits per heavy atom. The van der Waals surface area contributed by atoms with Crippen LogP contribution >= 0.6 is 0 Å². The summed E-state index contributed by atoms with van der Waals surface area (Å²) in [4.78, 5) is 12.8. The molecule has 2 aromatic carbocycles. The molecule has 3 heteroatoms. The highest BCUT2D eigenvalue weighted by Gasteiger charge is 2.19. The Bertz CT molecular complexity index is 815. The van der Waals surface area contributed by atoms with Gasteiger partial charge in [0.05, 0.1) is 5.52 Å².